The molecule has 0 saturated carbocycles. The number of benzene rings is 2. The van der Waals surface area contributed by atoms with Crippen molar-refractivity contribution in [3.05, 3.63) is 58.9 Å². The molecule has 0 unspecified atom stereocenters. The van der Waals surface area contributed by atoms with Crippen LogP contribution in [-0.4, -0.2) is 43.8 Å². The van der Waals surface area contributed by atoms with Crippen LogP contribution in [-0.2, 0) is 13.0 Å². The normalized spacial score (nSPS) is 17.1. The Hall–Kier alpha value is -2.80. The van der Waals surface area contributed by atoms with E-state index in [9.17, 15) is 9.18 Å². The topological polar surface area (TPSA) is 62.8 Å². The summed E-state index contributed by atoms with van der Waals surface area (Å²) in [6, 6.07) is 10.2. The van der Waals surface area contributed by atoms with Crippen molar-refractivity contribution in [1.29, 1.82) is 0 Å². The van der Waals surface area contributed by atoms with Gasteiger partial charge in [-0.25, -0.2) is 9.18 Å². The van der Waals surface area contributed by atoms with Crippen molar-refractivity contribution in [3.63, 3.8) is 0 Å². The highest BCUT2D eigenvalue weighted by Crippen LogP contribution is 2.40. The highest BCUT2D eigenvalue weighted by atomic mass is 19.1. The van der Waals surface area contributed by atoms with E-state index < -0.39 is 0 Å². The minimum absolute atomic E-state index is 0.0404. The Morgan fingerprint density at radius 3 is 2.48 bits per heavy atom. The summed E-state index contributed by atoms with van der Waals surface area (Å²) < 4.78 is 24.8. The van der Waals surface area contributed by atoms with E-state index in [1.165, 1.54) is 6.07 Å². The maximum atomic E-state index is 13.8. The number of rotatable bonds is 7. The van der Waals surface area contributed by atoms with Gasteiger partial charge in [0.15, 0.2) is 11.5 Å². The van der Waals surface area contributed by atoms with Crippen molar-refractivity contribution in [2.75, 3.05) is 20.8 Å². The van der Waals surface area contributed by atoms with E-state index in [0.717, 1.165) is 29.7 Å². The number of halogens is 1. The number of amides is 2. The summed E-state index contributed by atoms with van der Waals surface area (Å²) in [5.41, 5.74) is 3.14. The van der Waals surface area contributed by atoms with E-state index >= 15 is 0 Å². The molecule has 2 amide bonds. The van der Waals surface area contributed by atoms with Crippen LogP contribution >= 0.6 is 0 Å². The molecular formula is C24H32FN3O3. The van der Waals surface area contributed by atoms with Gasteiger partial charge in [-0.1, -0.05) is 12.1 Å². The van der Waals surface area contributed by atoms with Crippen LogP contribution < -0.4 is 20.1 Å². The largest absolute Gasteiger partial charge is 0.493 e. The molecule has 3 rings (SSSR count). The monoisotopic (exact) mass is 429 g/mol. The number of ether oxygens (including phenoxy) is 2. The Morgan fingerprint density at radius 2 is 1.84 bits per heavy atom. The van der Waals surface area contributed by atoms with Crippen LogP contribution in [0.5, 0.6) is 11.5 Å². The first-order valence-electron chi connectivity index (χ1n) is 10.6. The number of methoxy groups -OCH3 is 2. The van der Waals surface area contributed by atoms with E-state index in [2.05, 4.69) is 15.5 Å². The van der Waals surface area contributed by atoms with Gasteiger partial charge in [0.05, 0.1) is 20.3 Å². The van der Waals surface area contributed by atoms with Crippen molar-refractivity contribution in [2.45, 2.75) is 51.9 Å². The molecule has 0 radical (unpaired) electrons. The molecular weight excluding hydrogens is 397 g/mol. The Morgan fingerprint density at radius 1 is 1.13 bits per heavy atom. The minimum Gasteiger partial charge on any atom is -0.493 e. The fourth-order valence-electron chi connectivity index (χ4n) is 4.25. The fraction of sp³-hybridized carbons (Fsp3) is 0.458. The maximum absolute atomic E-state index is 13.8. The lowest BCUT2D eigenvalue weighted by Crippen LogP contribution is -2.50. The number of fused-ring (bicyclic) bond motifs is 1. The zero-order valence-electron chi connectivity index (χ0n) is 18.9. The van der Waals surface area contributed by atoms with Crippen molar-refractivity contribution in [2.24, 2.45) is 0 Å². The van der Waals surface area contributed by atoms with Crippen LogP contribution in [0.15, 0.2) is 36.4 Å². The lowest BCUT2D eigenvalue weighted by Gasteiger charge is -2.41. The van der Waals surface area contributed by atoms with Crippen LogP contribution in [0.3, 0.4) is 0 Å². The smallest absolute Gasteiger partial charge is 0.315 e. The number of nitrogens with one attached hydrogen (secondary N) is 2. The van der Waals surface area contributed by atoms with E-state index in [0.29, 0.717) is 18.0 Å². The molecule has 0 bridgehead atoms. The first-order valence-corrected chi connectivity index (χ1v) is 10.6. The average molecular weight is 430 g/mol. The van der Waals surface area contributed by atoms with Crippen molar-refractivity contribution >= 4 is 6.03 Å². The minimum atomic E-state index is -0.250. The van der Waals surface area contributed by atoms with Crippen LogP contribution in [0.4, 0.5) is 9.18 Å². The second-order valence-electron chi connectivity index (χ2n) is 8.26. The molecule has 31 heavy (non-hydrogen) atoms. The van der Waals surface area contributed by atoms with Crippen LogP contribution in [0.2, 0.25) is 0 Å². The first-order chi connectivity index (χ1) is 14.8. The molecule has 2 aromatic carbocycles. The number of hydrogen-bond donors (Lipinski definition) is 2. The second kappa shape index (κ2) is 10.0. The highest BCUT2D eigenvalue weighted by Gasteiger charge is 2.34. The van der Waals surface area contributed by atoms with Gasteiger partial charge in [-0.05, 0) is 68.1 Å². The summed E-state index contributed by atoms with van der Waals surface area (Å²) in [6.45, 7) is 7.20. The Kier molecular flexibility index (Phi) is 7.38. The van der Waals surface area contributed by atoms with Gasteiger partial charge >= 0.3 is 6.03 Å². The molecule has 1 aliphatic rings. The summed E-state index contributed by atoms with van der Waals surface area (Å²) in [5.74, 6) is 1.09. The summed E-state index contributed by atoms with van der Waals surface area (Å²) in [4.78, 5) is 14.7. The summed E-state index contributed by atoms with van der Waals surface area (Å²) in [6.07, 6.45) is 0.826. The van der Waals surface area contributed by atoms with E-state index in [4.69, 9.17) is 9.47 Å². The van der Waals surface area contributed by atoms with Crippen LogP contribution in [0.25, 0.3) is 0 Å². The SMILES string of the molecule is COc1cc2c(cc1OC)[C@H]([C@@H](C)NC(=O)NC(C)C)N(Cc1cccc(F)c1)CC2. The number of hydrogen-bond acceptors (Lipinski definition) is 4. The molecule has 0 fully saturated rings. The number of urea groups is 1. The molecule has 1 aliphatic heterocycles. The first kappa shape index (κ1) is 22.9. The zero-order chi connectivity index (χ0) is 22.5. The molecule has 0 aliphatic carbocycles. The molecule has 1 heterocycles. The van der Waals surface area contributed by atoms with Gasteiger partial charge in [-0.2, -0.15) is 0 Å². The molecule has 2 aromatic rings. The third-order valence-corrected chi connectivity index (χ3v) is 5.55. The second-order valence-corrected chi connectivity index (χ2v) is 8.26. The van der Waals surface area contributed by atoms with Gasteiger partial charge < -0.3 is 20.1 Å². The quantitative estimate of drug-likeness (QED) is 0.697. The molecule has 168 valence electrons. The van der Waals surface area contributed by atoms with Crippen LogP contribution in [0.1, 0.15) is 43.5 Å². The summed E-state index contributed by atoms with van der Waals surface area (Å²) in [7, 11) is 3.24. The standard InChI is InChI=1S/C24H32FN3O3/c1-15(2)26-24(29)27-16(3)23-20-13-22(31-5)21(30-4)12-18(20)9-10-28(23)14-17-7-6-8-19(25)11-17/h6-8,11-13,15-16,23H,9-10,14H2,1-5H3,(H2,26,27,29)/t16-,23+/m1/s1. The van der Waals surface area contributed by atoms with Crippen LogP contribution in [0, 0.1) is 5.82 Å². The summed E-state index contributed by atoms with van der Waals surface area (Å²) >= 11 is 0. The third kappa shape index (κ3) is 5.47. The Labute approximate surface area is 183 Å². The predicted molar refractivity (Wildman–Crippen MR) is 119 cm³/mol. The average Bonchev–Trinajstić information content (AvgIpc) is 2.71. The molecule has 2 N–H and O–H groups in total. The molecule has 2 atom stereocenters. The predicted octanol–water partition coefficient (Wildman–Crippen LogP) is 4.04. The fourth-order valence-corrected chi connectivity index (χ4v) is 4.25. The third-order valence-electron chi connectivity index (χ3n) is 5.55. The van der Waals surface area contributed by atoms with Crippen molar-refractivity contribution in [1.82, 2.24) is 15.5 Å². The molecule has 6 nitrogen and oxygen atoms in total. The van der Waals surface area contributed by atoms with E-state index in [1.54, 1.807) is 26.4 Å². The number of carbonyl (C=O) groups is 1. The van der Waals surface area contributed by atoms with E-state index in [1.807, 2.05) is 39.0 Å². The lowest BCUT2D eigenvalue weighted by molar-refractivity contribution is 0.143. The molecule has 0 aromatic heterocycles. The Bertz CT molecular complexity index is 919. The van der Waals surface area contributed by atoms with Gasteiger partial charge in [-0.3, -0.25) is 4.90 Å². The molecule has 7 heteroatoms. The van der Waals surface area contributed by atoms with Gasteiger partial charge in [0.2, 0.25) is 0 Å². The Balaban J connectivity index is 1.96. The van der Waals surface area contributed by atoms with E-state index in [-0.39, 0.29) is 30.0 Å². The van der Waals surface area contributed by atoms with Crippen molar-refractivity contribution < 1.29 is 18.7 Å². The summed E-state index contributed by atoms with van der Waals surface area (Å²) in [5, 5.41) is 5.96. The van der Waals surface area contributed by atoms with Gasteiger partial charge in [0, 0.05) is 25.2 Å². The number of nitrogens with zero attached hydrogens (tertiary/aromatic N) is 1. The highest BCUT2D eigenvalue weighted by molar-refractivity contribution is 5.74. The zero-order valence-corrected chi connectivity index (χ0v) is 18.9. The van der Waals surface area contributed by atoms with Gasteiger partial charge in [-0.15, -0.1) is 0 Å². The lowest BCUT2D eigenvalue weighted by atomic mass is 9.87. The van der Waals surface area contributed by atoms with Gasteiger partial charge in [0.25, 0.3) is 0 Å². The molecule has 0 spiro atoms. The van der Waals surface area contributed by atoms with Gasteiger partial charge in [0.1, 0.15) is 5.82 Å². The maximum Gasteiger partial charge on any atom is 0.315 e. The van der Waals surface area contributed by atoms with Crippen molar-refractivity contribution in [3.8, 4) is 11.5 Å². The molecule has 0 saturated heterocycles. The number of carbonyl (C=O) groups excluding carboxylic acids is 1.